The molecule has 94 valence electrons. The van der Waals surface area contributed by atoms with E-state index in [1.807, 2.05) is 30.3 Å². The van der Waals surface area contributed by atoms with Crippen LogP contribution >= 0.6 is 0 Å². The van der Waals surface area contributed by atoms with Gasteiger partial charge < -0.3 is 5.11 Å². The van der Waals surface area contributed by atoms with Gasteiger partial charge in [0.15, 0.2) is 0 Å². The highest BCUT2D eigenvalue weighted by Gasteiger charge is 2.11. The maximum Gasteiger partial charge on any atom is 0.337 e. The highest BCUT2D eigenvalue weighted by Crippen LogP contribution is 2.24. The molecule has 0 aliphatic carbocycles. The van der Waals surface area contributed by atoms with Crippen LogP contribution in [0, 0.1) is 0 Å². The summed E-state index contributed by atoms with van der Waals surface area (Å²) in [6, 6.07) is 13.3. The third-order valence-corrected chi connectivity index (χ3v) is 3.36. The van der Waals surface area contributed by atoms with E-state index in [1.165, 1.54) is 0 Å². The lowest BCUT2D eigenvalue weighted by Crippen LogP contribution is -1.99. The predicted molar refractivity (Wildman–Crippen MR) is 75.6 cm³/mol. The molecule has 19 heavy (non-hydrogen) atoms. The average Bonchev–Trinajstić information content (AvgIpc) is 2.43. The first-order chi connectivity index (χ1) is 9.20. The number of carboxylic acids is 1. The van der Waals surface area contributed by atoms with E-state index in [1.54, 1.807) is 12.1 Å². The molecular weight excluding hydrogens is 238 g/mol. The molecule has 0 saturated heterocycles. The number of carbonyl (C=O) groups is 1. The first kappa shape index (κ1) is 11.7. The fourth-order valence-corrected chi connectivity index (χ4v) is 2.40. The highest BCUT2D eigenvalue weighted by atomic mass is 16.4. The summed E-state index contributed by atoms with van der Waals surface area (Å²) >= 11 is 0. The van der Waals surface area contributed by atoms with E-state index in [0.29, 0.717) is 5.52 Å². The minimum Gasteiger partial charge on any atom is -0.478 e. The number of nitrogens with zero attached hydrogens (tertiary/aromatic N) is 1. The lowest BCUT2D eigenvalue weighted by Gasteiger charge is -2.07. The Labute approximate surface area is 110 Å². The highest BCUT2D eigenvalue weighted by molar-refractivity contribution is 6.05. The van der Waals surface area contributed by atoms with Crippen molar-refractivity contribution in [2.24, 2.45) is 0 Å². The number of aromatic carboxylic acids is 1. The van der Waals surface area contributed by atoms with Crippen molar-refractivity contribution in [3.05, 3.63) is 53.6 Å². The van der Waals surface area contributed by atoms with Gasteiger partial charge in [-0.25, -0.2) is 9.78 Å². The molecule has 0 radical (unpaired) electrons. The molecule has 0 saturated carbocycles. The van der Waals surface area contributed by atoms with Crippen LogP contribution in [-0.4, -0.2) is 16.1 Å². The van der Waals surface area contributed by atoms with E-state index in [9.17, 15) is 9.90 Å². The maximum atomic E-state index is 11.3. The van der Waals surface area contributed by atoms with Crippen molar-refractivity contribution >= 4 is 27.8 Å². The van der Waals surface area contributed by atoms with Crippen LogP contribution in [0.2, 0.25) is 0 Å². The third kappa shape index (κ3) is 1.83. The topological polar surface area (TPSA) is 50.2 Å². The number of hydrogen-bond acceptors (Lipinski definition) is 2. The van der Waals surface area contributed by atoms with Crippen LogP contribution in [0.5, 0.6) is 0 Å². The third-order valence-electron chi connectivity index (χ3n) is 3.36. The Balaban J connectivity index is 2.46. The minimum absolute atomic E-state index is 0.255. The van der Waals surface area contributed by atoms with Gasteiger partial charge in [0.05, 0.1) is 16.6 Å². The summed E-state index contributed by atoms with van der Waals surface area (Å²) in [5.41, 5.74) is 2.85. The van der Waals surface area contributed by atoms with Gasteiger partial charge in [0.25, 0.3) is 0 Å². The molecule has 3 aromatic rings. The van der Waals surface area contributed by atoms with E-state index in [4.69, 9.17) is 0 Å². The van der Waals surface area contributed by atoms with Crippen LogP contribution in [0.25, 0.3) is 21.8 Å². The molecule has 3 heteroatoms. The molecule has 2 aromatic carbocycles. The SMILES string of the molecule is CCc1cccc2cc3cccc(C(=O)O)c3nc12. The van der Waals surface area contributed by atoms with Gasteiger partial charge >= 0.3 is 5.97 Å². The van der Waals surface area contributed by atoms with Crippen LogP contribution in [0.3, 0.4) is 0 Å². The van der Waals surface area contributed by atoms with Crippen molar-refractivity contribution in [1.82, 2.24) is 4.98 Å². The van der Waals surface area contributed by atoms with Gasteiger partial charge in [-0.05, 0) is 24.1 Å². The van der Waals surface area contributed by atoms with Gasteiger partial charge in [-0.15, -0.1) is 0 Å². The summed E-state index contributed by atoms with van der Waals surface area (Å²) < 4.78 is 0. The first-order valence-electron chi connectivity index (χ1n) is 6.25. The number of rotatable bonds is 2. The average molecular weight is 251 g/mol. The first-order valence-corrected chi connectivity index (χ1v) is 6.25. The molecular formula is C16H13NO2. The summed E-state index contributed by atoms with van der Waals surface area (Å²) in [6.45, 7) is 2.07. The molecule has 0 aliphatic heterocycles. The van der Waals surface area contributed by atoms with Crippen LogP contribution in [0.15, 0.2) is 42.5 Å². The summed E-state index contributed by atoms with van der Waals surface area (Å²) in [6.07, 6.45) is 0.880. The standard InChI is InChI=1S/C16H13NO2/c1-2-10-5-3-6-11-9-12-7-4-8-13(16(18)19)15(12)17-14(10)11/h3-9H,2H2,1H3,(H,18,19). The van der Waals surface area contributed by atoms with Gasteiger partial charge in [-0.2, -0.15) is 0 Å². The Bertz CT molecular complexity index is 793. The van der Waals surface area contributed by atoms with Crippen molar-refractivity contribution in [3.8, 4) is 0 Å². The number of hydrogen-bond donors (Lipinski definition) is 1. The number of aromatic nitrogens is 1. The van der Waals surface area contributed by atoms with Gasteiger partial charge in [-0.3, -0.25) is 0 Å². The number of para-hydroxylation sites is 2. The summed E-state index contributed by atoms with van der Waals surface area (Å²) in [7, 11) is 0. The van der Waals surface area contributed by atoms with Gasteiger partial charge in [0.2, 0.25) is 0 Å². The molecule has 0 fully saturated rings. The largest absolute Gasteiger partial charge is 0.478 e. The normalized spacial score (nSPS) is 11.0. The second-order valence-electron chi connectivity index (χ2n) is 4.51. The lowest BCUT2D eigenvalue weighted by atomic mass is 10.0. The van der Waals surface area contributed by atoms with Gasteiger partial charge in [-0.1, -0.05) is 37.3 Å². The van der Waals surface area contributed by atoms with Crippen molar-refractivity contribution < 1.29 is 9.90 Å². The van der Waals surface area contributed by atoms with E-state index in [2.05, 4.69) is 11.9 Å². The summed E-state index contributed by atoms with van der Waals surface area (Å²) in [5.74, 6) is -0.938. The molecule has 1 N–H and O–H groups in total. The lowest BCUT2D eigenvalue weighted by molar-refractivity contribution is 0.0699. The van der Waals surface area contributed by atoms with Crippen molar-refractivity contribution in [1.29, 1.82) is 0 Å². The van der Waals surface area contributed by atoms with Crippen molar-refractivity contribution in [3.63, 3.8) is 0 Å². The maximum absolute atomic E-state index is 11.3. The molecule has 3 nitrogen and oxygen atoms in total. The van der Waals surface area contributed by atoms with Crippen LogP contribution < -0.4 is 0 Å². The molecule has 1 heterocycles. The Morgan fingerprint density at radius 2 is 1.79 bits per heavy atom. The number of fused-ring (bicyclic) bond motifs is 2. The number of carboxylic acid groups (broad SMARTS) is 1. The zero-order chi connectivity index (χ0) is 13.4. The molecule has 1 aromatic heterocycles. The fraction of sp³-hybridized carbons (Fsp3) is 0.125. The van der Waals surface area contributed by atoms with Crippen LogP contribution in [0.1, 0.15) is 22.8 Å². The fourth-order valence-electron chi connectivity index (χ4n) is 2.40. The smallest absolute Gasteiger partial charge is 0.337 e. The van der Waals surface area contributed by atoms with E-state index < -0.39 is 5.97 Å². The second kappa shape index (κ2) is 4.35. The zero-order valence-electron chi connectivity index (χ0n) is 10.6. The number of pyridine rings is 1. The minimum atomic E-state index is -0.938. The molecule has 3 rings (SSSR count). The Morgan fingerprint density at radius 1 is 1.11 bits per heavy atom. The van der Waals surface area contributed by atoms with Crippen molar-refractivity contribution in [2.45, 2.75) is 13.3 Å². The van der Waals surface area contributed by atoms with Crippen LogP contribution in [0.4, 0.5) is 0 Å². The Kier molecular flexibility index (Phi) is 2.67. The summed E-state index contributed by atoms with van der Waals surface area (Å²) in [5, 5.41) is 11.2. The quantitative estimate of drug-likeness (QED) is 0.707. The zero-order valence-corrected chi connectivity index (χ0v) is 10.6. The van der Waals surface area contributed by atoms with Gasteiger partial charge in [0.1, 0.15) is 0 Å². The Hall–Kier alpha value is -2.42. The molecule has 0 unspecified atom stereocenters. The van der Waals surface area contributed by atoms with E-state index >= 15 is 0 Å². The molecule has 0 aliphatic rings. The van der Waals surface area contributed by atoms with E-state index in [-0.39, 0.29) is 5.56 Å². The number of aryl methyl sites for hydroxylation is 1. The number of benzene rings is 2. The monoisotopic (exact) mass is 251 g/mol. The molecule has 0 amide bonds. The van der Waals surface area contributed by atoms with E-state index in [0.717, 1.165) is 28.3 Å². The van der Waals surface area contributed by atoms with Crippen molar-refractivity contribution in [2.75, 3.05) is 0 Å². The van der Waals surface area contributed by atoms with Crippen LogP contribution in [-0.2, 0) is 6.42 Å². The van der Waals surface area contributed by atoms with Gasteiger partial charge in [0, 0.05) is 10.8 Å². The molecule has 0 spiro atoms. The molecule has 0 bridgehead atoms. The Morgan fingerprint density at radius 3 is 2.47 bits per heavy atom. The second-order valence-corrected chi connectivity index (χ2v) is 4.51. The predicted octanol–water partition coefficient (Wildman–Crippen LogP) is 3.65. The summed E-state index contributed by atoms with van der Waals surface area (Å²) in [4.78, 5) is 15.9. The molecule has 0 atom stereocenters.